The molecule has 1 aliphatic rings. The molecule has 0 bridgehead atoms. The summed E-state index contributed by atoms with van der Waals surface area (Å²) >= 11 is 3.41. The number of amides is 2. The first-order valence-electron chi connectivity index (χ1n) is 8.25. The molecule has 126 valence electrons. The molecule has 2 amide bonds. The van der Waals surface area contributed by atoms with E-state index in [1.54, 1.807) is 6.20 Å². The molecule has 0 unspecified atom stereocenters. The predicted molar refractivity (Wildman–Crippen MR) is 101 cm³/mol. The monoisotopic (exact) mass is 388 g/mol. The Morgan fingerprint density at radius 1 is 1.00 bits per heavy atom. The highest BCUT2D eigenvalue weighted by molar-refractivity contribution is 9.10. The topological polar surface area (TPSA) is 66.0 Å². The van der Waals surface area contributed by atoms with Crippen molar-refractivity contribution in [3.63, 3.8) is 0 Å². The predicted octanol–water partition coefficient (Wildman–Crippen LogP) is 5.04. The van der Waals surface area contributed by atoms with Gasteiger partial charge in [0.1, 0.15) is 5.82 Å². The Balaban J connectivity index is 1.52. The van der Waals surface area contributed by atoms with E-state index >= 15 is 0 Å². The van der Waals surface area contributed by atoms with E-state index < -0.39 is 0 Å². The fourth-order valence-corrected chi connectivity index (χ4v) is 3.09. The number of anilines is 3. The highest BCUT2D eigenvalue weighted by atomic mass is 79.9. The SMILES string of the molecule is O=C(Nc1ccc(Nc2ccc(Br)cc2)nc1)NC1CCCCC1. The summed E-state index contributed by atoms with van der Waals surface area (Å²) in [5, 5.41) is 9.09. The van der Waals surface area contributed by atoms with Gasteiger partial charge in [-0.3, -0.25) is 0 Å². The zero-order chi connectivity index (χ0) is 16.8. The Kier molecular flexibility index (Phi) is 5.69. The van der Waals surface area contributed by atoms with Gasteiger partial charge in [-0.2, -0.15) is 0 Å². The van der Waals surface area contributed by atoms with Crippen molar-refractivity contribution in [1.82, 2.24) is 10.3 Å². The lowest BCUT2D eigenvalue weighted by atomic mass is 9.96. The van der Waals surface area contributed by atoms with Crippen LogP contribution in [0.5, 0.6) is 0 Å². The van der Waals surface area contributed by atoms with Gasteiger partial charge in [0.05, 0.1) is 11.9 Å². The molecular formula is C18H21BrN4O. The Morgan fingerprint density at radius 3 is 2.38 bits per heavy atom. The Morgan fingerprint density at radius 2 is 1.71 bits per heavy atom. The molecule has 1 aliphatic carbocycles. The third-order valence-electron chi connectivity index (χ3n) is 4.08. The first kappa shape index (κ1) is 16.8. The van der Waals surface area contributed by atoms with Gasteiger partial charge < -0.3 is 16.0 Å². The van der Waals surface area contributed by atoms with Crippen LogP contribution in [0, 0.1) is 0 Å². The van der Waals surface area contributed by atoms with Crippen LogP contribution in [0.1, 0.15) is 32.1 Å². The van der Waals surface area contributed by atoms with Crippen molar-refractivity contribution in [3.8, 4) is 0 Å². The molecule has 0 radical (unpaired) electrons. The molecule has 3 rings (SSSR count). The first-order valence-corrected chi connectivity index (χ1v) is 9.04. The molecule has 1 aromatic carbocycles. The standard InChI is InChI=1S/C18H21BrN4O/c19-13-6-8-15(9-7-13)21-17-11-10-16(12-20-17)23-18(24)22-14-4-2-1-3-5-14/h6-12,14H,1-5H2,(H,20,21)(H2,22,23,24). The van der Waals surface area contributed by atoms with Crippen molar-refractivity contribution in [2.75, 3.05) is 10.6 Å². The molecule has 1 saturated carbocycles. The van der Waals surface area contributed by atoms with E-state index in [0.29, 0.717) is 11.7 Å². The van der Waals surface area contributed by atoms with E-state index in [-0.39, 0.29) is 6.03 Å². The molecule has 3 N–H and O–H groups in total. The molecule has 0 aliphatic heterocycles. The Bertz CT molecular complexity index is 666. The minimum absolute atomic E-state index is 0.155. The lowest BCUT2D eigenvalue weighted by Gasteiger charge is -2.22. The van der Waals surface area contributed by atoms with Gasteiger partial charge in [0, 0.05) is 16.2 Å². The third-order valence-corrected chi connectivity index (χ3v) is 4.61. The van der Waals surface area contributed by atoms with Crippen molar-refractivity contribution in [3.05, 3.63) is 47.1 Å². The van der Waals surface area contributed by atoms with Crippen molar-refractivity contribution < 1.29 is 4.79 Å². The van der Waals surface area contributed by atoms with Crippen LogP contribution < -0.4 is 16.0 Å². The Hall–Kier alpha value is -2.08. The third kappa shape index (κ3) is 4.96. The van der Waals surface area contributed by atoms with Crippen LogP contribution in [0.25, 0.3) is 0 Å². The van der Waals surface area contributed by atoms with E-state index in [2.05, 4.69) is 36.9 Å². The molecule has 2 aromatic rings. The number of urea groups is 1. The van der Waals surface area contributed by atoms with Crippen LogP contribution in [0.2, 0.25) is 0 Å². The number of hydrogen-bond acceptors (Lipinski definition) is 3. The molecule has 0 atom stereocenters. The number of nitrogens with one attached hydrogen (secondary N) is 3. The molecular weight excluding hydrogens is 368 g/mol. The molecule has 0 spiro atoms. The van der Waals surface area contributed by atoms with Gasteiger partial charge >= 0.3 is 6.03 Å². The zero-order valence-corrected chi connectivity index (χ0v) is 15.0. The number of hydrogen-bond donors (Lipinski definition) is 3. The molecule has 0 saturated heterocycles. The minimum atomic E-state index is -0.155. The summed E-state index contributed by atoms with van der Waals surface area (Å²) in [5.41, 5.74) is 1.64. The van der Waals surface area contributed by atoms with E-state index in [0.717, 1.165) is 28.8 Å². The summed E-state index contributed by atoms with van der Waals surface area (Å²) in [5.74, 6) is 0.732. The van der Waals surface area contributed by atoms with Gasteiger partial charge in [-0.15, -0.1) is 0 Å². The van der Waals surface area contributed by atoms with Gasteiger partial charge in [0.2, 0.25) is 0 Å². The normalized spacial score (nSPS) is 14.9. The van der Waals surface area contributed by atoms with Gasteiger partial charge in [-0.25, -0.2) is 9.78 Å². The van der Waals surface area contributed by atoms with E-state index in [1.165, 1.54) is 19.3 Å². The summed E-state index contributed by atoms with van der Waals surface area (Å²) in [7, 11) is 0. The number of rotatable bonds is 4. The van der Waals surface area contributed by atoms with Crippen LogP contribution in [-0.2, 0) is 0 Å². The summed E-state index contributed by atoms with van der Waals surface area (Å²) in [4.78, 5) is 16.3. The molecule has 6 heteroatoms. The smallest absolute Gasteiger partial charge is 0.319 e. The maximum atomic E-state index is 12.0. The van der Waals surface area contributed by atoms with Gasteiger partial charge in [0.25, 0.3) is 0 Å². The van der Waals surface area contributed by atoms with E-state index in [4.69, 9.17) is 0 Å². The van der Waals surface area contributed by atoms with Crippen LogP contribution >= 0.6 is 15.9 Å². The molecule has 1 aromatic heterocycles. The van der Waals surface area contributed by atoms with Gasteiger partial charge in [-0.05, 0) is 49.2 Å². The number of aromatic nitrogens is 1. The fourth-order valence-electron chi connectivity index (χ4n) is 2.82. The van der Waals surface area contributed by atoms with Crippen molar-refractivity contribution in [2.45, 2.75) is 38.1 Å². The lowest BCUT2D eigenvalue weighted by molar-refractivity contribution is 0.244. The lowest BCUT2D eigenvalue weighted by Crippen LogP contribution is -2.39. The molecule has 24 heavy (non-hydrogen) atoms. The number of nitrogens with zero attached hydrogens (tertiary/aromatic N) is 1. The van der Waals surface area contributed by atoms with Crippen LogP contribution in [0.3, 0.4) is 0 Å². The van der Waals surface area contributed by atoms with Crippen molar-refractivity contribution in [2.24, 2.45) is 0 Å². The second-order valence-electron chi connectivity index (χ2n) is 6.00. The quantitative estimate of drug-likeness (QED) is 0.686. The van der Waals surface area contributed by atoms with Gasteiger partial charge in [-0.1, -0.05) is 35.2 Å². The number of benzene rings is 1. The number of carbonyl (C=O) groups is 1. The summed E-state index contributed by atoms with van der Waals surface area (Å²) < 4.78 is 1.03. The fraction of sp³-hybridized carbons (Fsp3) is 0.333. The summed E-state index contributed by atoms with van der Waals surface area (Å²) in [6.45, 7) is 0. The Labute approximate surface area is 150 Å². The van der Waals surface area contributed by atoms with Crippen molar-refractivity contribution in [1.29, 1.82) is 0 Å². The maximum Gasteiger partial charge on any atom is 0.319 e. The maximum absolute atomic E-state index is 12.0. The molecule has 5 nitrogen and oxygen atoms in total. The highest BCUT2D eigenvalue weighted by Crippen LogP contribution is 2.19. The van der Waals surface area contributed by atoms with E-state index in [1.807, 2.05) is 36.4 Å². The summed E-state index contributed by atoms with van der Waals surface area (Å²) in [6.07, 6.45) is 7.47. The molecule has 1 heterocycles. The summed E-state index contributed by atoms with van der Waals surface area (Å²) in [6, 6.07) is 11.7. The number of halogens is 1. The average Bonchev–Trinajstić information content (AvgIpc) is 2.59. The van der Waals surface area contributed by atoms with Crippen LogP contribution in [0.15, 0.2) is 47.1 Å². The molecule has 1 fully saturated rings. The zero-order valence-electron chi connectivity index (χ0n) is 13.4. The largest absolute Gasteiger partial charge is 0.340 e. The highest BCUT2D eigenvalue weighted by Gasteiger charge is 2.15. The second-order valence-corrected chi connectivity index (χ2v) is 6.91. The van der Waals surface area contributed by atoms with E-state index in [9.17, 15) is 4.79 Å². The van der Waals surface area contributed by atoms with Crippen molar-refractivity contribution >= 4 is 39.2 Å². The van der Waals surface area contributed by atoms with Crippen LogP contribution in [0.4, 0.5) is 22.0 Å². The number of carbonyl (C=O) groups excluding carboxylic acids is 1. The van der Waals surface area contributed by atoms with Gasteiger partial charge in [0.15, 0.2) is 0 Å². The minimum Gasteiger partial charge on any atom is -0.340 e. The number of pyridine rings is 1. The second kappa shape index (κ2) is 8.15. The van der Waals surface area contributed by atoms with Crippen LogP contribution in [-0.4, -0.2) is 17.1 Å². The first-order chi connectivity index (χ1) is 11.7. The average molecular weight is 389 g/mol.